The molecule has 0 fully saturated rings. The number of carbonyl (C=O) groups excluding carboxylic acids is 1. The number of aromatic nitrogens is 3. The normalized spacial score (nSPS) is 11.4. The van der Waals surface area contributed by atoms with Gasteiger partial charge in [-0.3, -0.25) is 4.57 Å². The molecular weight excluding hydrogens is 364 g/mol. The van der Waals surface area contributed by atoms with E-state index in [1.807, 2.05) is 62.4 Å². The minimum atomic E-state index is -0.477. The Hall–Kier alpha value is -3.41. The van der Waals surface area contributed by atoms with E-state index >= 15 is 0 Å². The first kappa shape index (κ1) is 18.9. The number of benzene rings is 2. The van der Waals surface area contributed by atoms with Gasteiger partial charge < -0.3 is 10.5 Å². The molecule has 4 rings (SSSR count). The van der Waals surface area contributed by atoms with E-state index in [1.165, 1.54) is 5.56 Å². The Bertz CT molecular complexity index is 1190. The molecule has 0 aliphatic heterocycles. The second kappa shape index (κ2) is 7.54. The van der Waals surface area contributed by atoms with Gasteiger partial charge in [-0.05, 0) is 42.2 Å². The fourth-order valence-corrected chi connectivity index (χ4v) is 3.32. The van der Waals surface area contributed by atoms with Crippen LogP contribution in [0.4, 0.5) is 5.82 Å². The number of hydrogen-bond donors (Lipinski definition) is 1. The molecule has 0 bridgehead atoms. The Morgan fingerprint density at radius 1 is 1.07 bits per heavy atom. The Labute approximate surface area is 169 Å². The predicted octanol–water partition coefficient (Wildman–Crippen LogP) is 4.53. The van der Waals surface area contributed by atoms with Gasteiger partial charge in [0.2, 0.25) is 0 Å². The van der Waals surface area contributed by atoms with Gasteiger partial charge in [0.15, 0.2) is 5.65 Å². The van der Waals surface area contributed by atoms with Gasteiger partial charge in [0.1, 0.15) is 16.9 Å². The summed E-state index contributed by atoms with van der Waals surface area (Å²) >= 11 is 0. The number of para-hydroxylation sites is 2. The summed E-state index contributed by atoms with van der Waals surface area (Å²) in [6, 6.07) is 15.6. The van der Waals surface area contributed by atoms with E-state index in [0.29, 0.717) is 23.3 Å². The third-order valence-electron chi connectivity index (χ3n) is 4.85. The average molecular weight is 388 g/mol. The van der Waals surface area contributed by atoms with Crippen molar-refractivity contribution in [3.8, 4) is 5.69 Å². The van der Waals surface area contributed by atoms with Crippen LogP contribution < -0.4 is 5.73 Å². The van der Waals surface area contributed by atoms with Crippen LogP contribution in [-0.2, 0) is 11.2 Å². The van der Waals surface area contributed by atoms with E-state index in [1.54, 1.807) is 4.57 Å². The number of nitrogens with two attached hydrogens (primary N) is 1. The third-order valence-corrected chi connectivity index (χ3v) is 4.85. The highest BCUT2D eigenvalue weighted by Gasteiger charge is 2.26. The van der Waals surface area contributed by atoms with Gasteiger partial charge in [-0.1, -0.05) is 45.0 Å². The van der Waals surface area contributed by atoms with E-state index in [0.717, 1.165) is 17.6 Å². The van der Waals surface area contributed by atoms with E-state index in [2.05, 4.69) is 6.92 Å². The molecule has 2 heterocycles. The molecule has 0 amide bonds. The summed E-state index contributed by atoms with van der Waals surface area (Å²) < 4.78 is 7.25. The number of anilines is 1. The number of aryl methyl sites for hydroxylation is 1. The fraction of sp³-hybridized carbons (Fsp3) is 0.261. The number of fused-ring (bicyclic) bond motifs is 2. The summed E-state index contributed by atoms with van der Waals surface area (Å²) in [5.74, 6) is 0.0325. The SMILES string of the molecule is CCc1ccc(-n2c(N)c(C(=O)OCC(C)C)c3nc4ccccc4nc32)cc1. The molecule has 2 aromatic carbocycles. The smallest absolute Gasteiger partial charge is 0.344 e. The van der Waals surface area contributed by atoms with Gasteiger partial charge in [-0.25, -0.2) is 14.8 Å². The number of esters is 1. The van der Waals surface area contributed by atoms with Crippen molar-refractivity contribution in [1.29, 1.82) is 0 Å². The molecule has 4 aromatic rings. The van der Waals surface area contributed by atoms with Gasteiger partial charge in [-0.2, -0.15) is 0 Å². The largest absolute Gasteiger partial charge is 0.462 e. The zero-order valence-corrected chi connectivity index (χ0v) is 16.8. The van der Waals surface area contributed by atoms with E-state index in [4.69, 9.17) is 20.4 Å². The molecule has 0 aliphatic rings. The number of nitrogen functional groups attached to an aromatic ring is 1. The minimum Gasteiger partial charge on any atom is -0.462 e. The second-order valence-electron chi connectivity index (χ2n) is 7.49. The van der Waals surface area contributed by atoms with Gasteiger partial charge in [0.25, 0.3) is 0 Å². The summed E-state index contributed by atoms with van der Waals surface area (Å²) in [6.07, 6.45) is 0.944. The highest BCUT2D eigenvalue weighted by Crippen LogP contribution is 2.31. The summed E-state index contributed by atoms with van der Waals surface area (Å²) in [5.41, 5.74) is 11.2. The van der Waals surface area contributed by atoms with Crippen LogP contribution in [0.1, 0.15) is 36.7 Å². The quantitative estimate of drug-likeness (QED) is 0.508. The lowest BCUT2D eigenvalue weighted by molar-refractivity contribution is 0.0462. The van der Waals surface area contributed by atoms with E-state index in [9.17, 15) is 4.79 Å². The van der Waals surface area contributed by atoms with Crippen molar-refractivity contribution in [2.24, 2.45) is 5.92 Å². The molecular formula is C23H24N4O2. The standard InChI is InChI=1S/C23H24N4O2/c1-4-15-9-11-16(12-10-15)27-21(24)19(23(28)29-13-14(2)3)20-22(27)26-18-8-6-5-7-17(18)25-20/h5-12,14H,4,13,24H2,1-3H3. The van der Waals surface area contributed by atoms with Crippen LogP contribution in [0.15, 0.2) is 48.5 Å². The zero-order valence-electron chi connectivity index (χ0n) is 16.8. The second-order valence-corrected chi connectivity index (χ2v) is 7.49. The maximum atomic E-state index is 12.9. The Kier molecular flexibility index (Phi) is 4.92. The first-order chi connectivity index (χ1) is 14.0. The van der Waals surface area contributed by atoms with Crippen molar-refractivity contribution in [3.63, 3.8) is 0 Å². The molecule has 0 saturated carbocycles. The van der Waals surface area contributed by atoms with Gasteiger partial charge in [0.05, 0.1) is 17.6 Å². The monoisotopic (exact) mass is 388 g/mol. The predicted molar refractivity (Wildman–Crippen MR) is 115 cm³/mol. The minimum absolute atomic E-state index is 0.224. The molecule has 0 atom stereocenters. The molecule has 2 aromatic heterocycles. The zero-order chi connectivity index (χ0) is 20.5. The van der Waals surface area contributed by atoms with Crippen molar-refractivity contribution in [3.05, 3.63) is 59.7 Å². The molecule has 2 N–H and O–H groups in total. The van der Waals surface area contributed by atoms with Gasteiger partial charge >= 0.3 is 5.97 Å². The van der Waals surface area contributed by atoms with Crippen LogP contribution >= 0.6 is 0 Å². The molecule has 0 saturated heterocycles. The van der Waals surface area contributed by atoms with Gasteiger partial charge in [-0.15, -0.1) is 0 Å². The number of rotatable bonds is 5. The molecule has 0 radical (unpaired) electrons. The molecule has 6 heteroatoms. The summed E-state index contributed by atoms with van der Waals surface area (Å²) in [7, 11) is 0. The topological polar surface area (TPSA) is 83.0 Å². The van der Waals surface area contributed by atoms with Crippen LogP contribution in [0.5, 0.6) is 0 Å². The molecule has 0 aliphatic carbocycles. The maximum Gasteiger partial charge on any atom is 0.344 e. The molecule has 148 valence electrons. The third kappa shape index (κ3) is 3.42. The van der Waals surface area contributed by atoms with Crippen LogP contribution in [0.25, 0.3) is 27.9 Å². The number of carbonyl (C=O) groups is 1. The van der Waals surface area contributed by atoms with Crippen molar-refractivity contribution >= 4 is 34.0 Å². The number of ether oxygens (including phenoxy) is 1. The van der Waals surface area contributed by atoms with Crippen LogP contribution in [0, 0.1) is 5.92 Å². The van der Waals surface area contributed by atoms with Crippen LogP contribution in [0.3, 0.4) is 0 Å². The summed E-state index contributed by atoms with van der Waals surface area (Å²) in [5, 5.41) is 0. The Morgan fingerprint density at radius 2 is 1.72 bits per heavy atom. The molecule has 0 spiro atoms. The first-order valence-electron chi connectivity index (χ1n) is 9.82. The van der Waals surface area contributed by atoms with Gasteiger partial charge in [0, 0.05) is 5.69 Å². The molecule has 0 unspecified atom stereocenters. The van der Waals surface area contributed by atoms with Crippen molar-refractivity contribution in [1.82, 2.24) is 14.5 Å². The fourth-order valence-electron chi connectivity index (χ4n) is 3.32. The lowest BCUT2D eigenvalue weighted by Gasteiger charge is -2.09. The number of nitrogens with zero attached hydrogens (tertiary/aromatic N) is 3. The first-order valence-corrected chi connectivity index (χ1v) is 9.82. The van der Waals surface area contributed by atoms with Crippen LogP contribution in [0.2, 0.25) is 0 Å². The Morgan fingerprint density at radius 3 is 2.34 bits per heavy atom. The average Bonchev–Trinajstić information content (AvgIpc) is 3.01. The Balaban J connectivity index is 1.97. The van der Waals surface area contributed by atoms with E-state index in [-0.39, 0.29) is 17.3 Å². The highest BCUT2D eigenvalue weighted by molar-refractivity contribution is 6.09. The highest BCUT2D eigenvalue weighted by atomic mass is 16.5. The maximum absolute atomic E-state index is 12.9. The van der Waals surface area contributed by atoms with Crippen LogP contribution in [-0.4, -0.2) is 27.1 Å². The molecule has 29 heavy (non-hydrogen) atoms. The number of hydrogen-bond acceptors (Lipinski definition) is 5. The van der Waals surface area contributed by atoms with Crippen molar-refractivity contribution < 1.29 is 9.53 Å². The molecule has 6 nitrogen and oxygen atoms in total. The van der Waals surface area contributed by atoms with Crippen molar-refractivity contribution in [2.75, 3.05) is 12.3 Å². The summed E-state index contributed by atoms with van der Waals surface area (Å²) in [6.45, 7) is 6.40. The van der Waals surface area contributed by atoms with E-state index < -0.39 is 5.97 Å². The lowest BCUT2D eigenvalue weighted by Crippen LogP contribution is -2.12. The summed E-state index contributed by atoms with van der Waals surface area (Å²) in [4.78, 5) is 22.4. The lowest BCUT2D eigenvalue weighted by atomic mass is 10.1. The van der Waals surface area contributed by atoms with Crippen molar-refractivity contribution in [2.45, 2.75) is 27.2 Å².